The molecular weight excluding hydrogens is 224 g/mol. The Bertz CT molecular complexity index is 340. The topological polar surface area (TPSA) is 29.3 Å². The van der Waals surface area contributed by atoms with Crippen LogP contribution in [0.2, 0.25) is 0 Å². The van der Waals surface area contributed by atoms with Crippen LogP contribution in [0.5, 0.6) is 0 Å². The second-order valence-electron chi connectivity index (χ2n) is 4.70. The molecule has 16 heavy (non-hydrogen) atoms. The predicted molar refractivity (Wildman–Crippen MR) is 65.9 cm³/mol. The first-order valence-corrected chi connectivity index (χ1v) is 6.49. The van der Waals surface area contributed by atoms with E-state index < -0.39 is 0 Å². The Balaban J connectivity index is 2.07. The molecule has 2 unspecified atom stereocenters. The van der Waals surface area contributed by atoms with Crippen molar-refractivity contribution in [2.45, 2.75) is 44.5 Å². The summed E-state index contributed by atoms with van der Waals surface area (Å²) in [4.78, 5) is 6.53. The Morgan fingerprint density at radius 3 is 2.88 bits per heavy atom. The first kappa shape index (κ1) is 11.8. The maximum absolute atomic E-state index is 5.72. The van der Waals surface area contributed by atoms with Crippen LogP contribution in [0.3, 0.4) is 0 Å². The summed E-state index contributed by atoms with van der Waals surface area (Å²) in [5.41, 5.74) is 0.812. The molecule has 1 aliphatic rings. The molecule has 1 saturated carbocycles. The van der Waals surface area contributed by atoms with Crippen LogP contribution >= 0.6 is 11.6 Å². The van der Waals surface area contributed by atoms with E-state index in [1.165, 1.54) is 25.7 Å². The fraction of sp³-hybridized carbons (Fsp3) is 0.750. The molecule has 0 spiro atoms. The van der Waals surface area contributed by atoms with Crippen LogP contribution in [-0.4, -0.2) is 18.1 Å². The summed E-state index contributed by atoms with van der Waals surface area (Å²) in [7, 11) is 2.07. The number of hydrogen-bond donors (Lipinski definition) is 0. The molecule has 0 aromatic carbocycles. The maximum atomic E-state index is 5.72. The summed E-state index contributed by atoms with van der Waals surface area (Å²) in [6.07, 6.45) is 6.84. The minimum absolute atomic E-state index is 0.414. The zero-order chi connectivity index (χ0) is 11.5. The van der Waals surface area contributed by atoms with Gasteiger partial charge in [-0.25, -0.2) is 0 Å². The minimum Gasteiger partial charge on any atom is -0.432 e. The molecule has 2 atom stereocenters. The maximum Gasteiger partial charge on any atom is 0.297 e. The zero-order valence-corrected chi connectivity index (χ0v) is 10.7. The Kier molecular flexibility index (Phi) is 3.74. The van der Waals surface area contributed by atoms with E-state index in [0.717, 1.165) is 5.69 Å². The van der Waals surface area contributed by atoms with Crippen LogP contribution in [0.25, 0.3) is 0 Å². The smallest absolute Gasteiger partial charge is 0.297 e. The first-order valence-electron chi connectivity index (χ1n) is 5.95. The van der Waals surface area contributed by atoms with E-state index in [9.17, 15) is 0 Å². The van der Waals surface area contributed by atoms with Gasteiger partial charge in [0.05, 0.1) is 11.6 Å². The van der Waals surface area contributed by atoms with Crippen molar-refractivity contribution in [1.29, 1.82) is 0 Å². The van der Waals surface area contributed by atoms with Crippen molar-refractivity contribution in [2.75, 3.05) is 11.9 Å². The van der Waals surface area contributed by atoms with Crippen molar-refractivity contribution >= 4 is 17.6 Å². The summed E-state index contributed by atoms with van der Waals surface area (Å²) in [6, 6.07) is 1.25. The number of halogens is 1. The van der Waals surface area contributed by atoms with Crippen molar-refractivity contribution in [2.24, 2.45) is 5.92 Å². The van der Waals surface area contributed by atoms with Gasteiger partial charge < -0.3 is 9.32 Å². The predicted octanol–water partition coefficient (Wildman–Crippen LogP) is 3.43. The molecule has 90 valence electrons. The second kappa shape index (κ2) is 5.09. The average Bonchev–Trinajstić information content (AvgIpc) is 2.77. The van der Waals surface area contributed by atoms with Gasteiger partial charge in [-0.15, -0.1) is 11.6 Å². The molecule has 0 bridgehead atoms. The van der Waals surface area contributed by atoms with E-state index in [1.54, 1.807) is 6.26 Å². The van der Waals surface area contributed by atoms with Crippen molar-refractivity contribution < 1.29 is 4.42 Å². The highest BCUT2D eigenvalue weighted by Gasteiger charge is 2.27. The standard InChI is InChI=1S/C12H19ClN2O/c1-9-5-3-4-6-11(9)15(2)12-14-10(7-13)8-16-12/h8-9,11H,3-7H2,1-2H3. The summed E-state index contributed by atoms with van der Waals surface area (Å²) in [5.74, 6) is 1.13. The number of oxazole rings is 1. The molecule has 4 heteroatoms. The SMILES string of the molecule is CC1CCCCC1N(C)c1nc(CCl)co1. The van der Waals surface area contributed by atoms with E-state index in [1.807, 2.05) is 0 Å². The van der Waals surface area contributed by atoms with Crippen LogP contribution < -0.4 is 4.90 Å². The van der Waals surface area contributed by atoms with Gasteiger partial charge >= 0.3 is 0 Å². The largest absolute Gasteiger partial charge is 0.432 e. The molecule has 0 radical (unpaired) electrons. The Hall–Kier alpha value is -0.700. The molecule has 1 fully saturated rings. The molecule has 0 N–H and O–H groups in total. The molecule has 1 aromatic heterocycles. The van der Waals surface area contributed by atoms with Gasteiger partial charge in [0.1, 0.15) is 6.26 Å². The van der Waals surface area contributed by atoms with Crippen LogP contribution in [0.15, 0.2) is 10.7 Å². The van der Waals surface area contributed by atoms with Crippen LogP contribution in [0.1, 0.15) is 38.3 Å². The molecule has 3 nitrogen and oxygen atoms in total. The first-order chi connectivity index (χ1) is 7.72. The lowest BCUT2D eigenvalue weighted by molar-refractivity contribution is 0.311. The zero-order valence-electron chi connectivity index (χ0n) is 9.95. The number of nitrogens with zero attached hydrogens (tertiary/aromatic N) is 2. The van der Waals surface area contributed by atoms with Crippen LogP contribution in [0, 0.1) is 5.92 Å². The van der Waals surface area contributed by atoms with E-state index in [2.05, 4.69) is 23.9 Å². The van der Waals surface area contributed by atoms with Crippen molar-refractivity contribution in [3.63, 3.8) is 0 Å². The minimum atomic E-state index is 0.414. The summed E-state index contributed by atoms with van der Waals surface area (Å²) in [5, 5.41) is 0. The van der Waals surface area contributed by atoms with Crippen LogP contribution in [0.4, 0.5) is 6.01 Å². The van der Waals surface area contributed by atoms with Crippen molar-refractivity contribution in [1.82, 2.24) is 4.98 Å². The molecule has 0 amide bonds. The molecule has 2 rings (SSSR count). The molecule has 1 heterocycles. The van der Waals surface area contributed by atoms with E-state index >= 15 is 0 Å². The van der Waals surface area contributed by atoms with E-state index in [-0.39, 0.29) is 0 Å². The van der Waals surface area contributed by atoms with Gasteiger partial charge in [0.15, 0.2) is 0 Å². The lowest BCUT2D eigenvalue weighted by Gasteiger charge is -2.35. The monoisotopic (exact) mass is 242 g/mol. The Labute approximate surface area is 102 Å². The number of rotatable bonds is 3. The Morgan fingerprint density at radius 2 is 2.25 bits per heavy atom. The van der Waals surface area contributed by atoms with Crippen molar-refractivity contribution in [3.8, 4) is 0 Å². The quantitative estimate of drug-likeness (QED) is 0.761. The lowest BCUT2D eigenvalue weighted by atomic mass is 9.85. The van der Waals surface area contributed by atoms with E-state index in [4.69, 9.17) is 16.0 Å². The third kappa shape index (κ3) is 2.34. The van der Waals surface area contributed by atoms with Gasteiger partial charge in [-0.05, 0) is 18.8 Å². The third-order valence-corrected chi connectivity index (χ3v) is 3.82. The molecule has 1 aliphatic carbocycles. The molecule has 0 saturated heterocycles. The highest BCUT2D eigenvalue weighted by Crippen LogP contribution is 2.30. The highest BCUT2D eigenvalue weighted by molar-refractivity contribution is 6.16. The van der Waals surface area contributed by atoms with Crippen LogP contribution in [-0.2, 0) is 5.88 Å². The fourth-order valence-electron chi connectivity index (χ4n) is 2.53. The number of hydrogen-bond acceptors (Lipinski definition) is 3. The normalized spacial score (nSPS) is 25.7. The highest BCUT2D eigenvalue weighted by atomic mass is 35.5. The van der Waals surface area contributed by atoms with Gasteiger partial charge in [0.25, 0.3) is 6.01 Å². The summed E-state index contributed by atoms with van der Waals surface area (Å²) >= 11 is 5.72. The van der Waals surface area contributed by atoms with Crippen molar-refractivity contribution in [3.05, 3.63) is 12.0 Å². The molecular formula is C12H19ClN2O. The Morgan fingerprint density at radius 1 is 1.50 bits per heavy atom. The second-order valence-corrected chi connectivity index (χ2v) is 4.96. The summed E-state index contributed by atoms with van der Waals surface area (Å²) in [6.45, 7) is 2.31. The van der Waals surface area contributed by atoms with E-state index in [0.29, 0.717) is 23.9 Å². The van der Waals surface area contributed by atoms with Gasteiger partial charge in [-0.1, -0.05) is 19.8 Å². The number of alkyl halides is 1. The third-order valence-electron chi connectivity index (χ3n) is 3.54. The lowest BCUT2D eigenvalue weighted by Crippen LogP contribution is -2.39. The fourth-order valence-corrected chi connectivity index (χ4v) is 2.66. The molecule has 0 aliphatic heterocycles. The van der Waals surface area contributed by atoms with Gasteiger partial charge in [0, 0.05) is 13.1 Å². The van der Waals surface area contributed by atoms with Gasteiger partial charge in [-0.3, -0.25) is 0 Å². The average molecular weight is 243 g/mol. The van der Waals surface area contributed by atoms with Gasteiger partial charge in [0.2, 0.25) is 0 Å². The number of aromatic nitrogens is 1. The summed E-state index contributed by atoms with van der Waals surface area (Å²) < 4.78 is 5.45. The van der Waals surface area contributed by atoms with Gasteiger partial charge in [-0.2, -0.15) is 4.98 Å². The number of anilines is 1. The molecule has 1 aromatic rings.